The summed E-state index contributed by atoms with van der Waals surface area (Å²) in [4.78, 5) is 0. The molecule has 0 aliphatic heterocycles. The van der Waals surface area contributed by atoms with Crippen molar-refractivity contribution < 1.29 is 17.9 Å². The van der Waals surface area contributed by atoms with Crippen molar-refractivity contribution in [2.75, 3.05) is 6.26 Å². The smallest absolute Gasteiger partial charge is 0.174 e. The fourth-order valence-corrected chi connectivity index (χ4v) is 2.74. The molecule has 17 heavy (non-hydrogen) atoms. The first-order valence-electron chi connectivity index (χ1n) is 5.04. The summed E-state index contributed by atoms with van der Waals surface area (Å²) in [6, 6.07) is 4.93. The van der Waals surface area contributed by atoms with Gasteiger partial charge in [0.15, 0.2) is 14.0 Å². The molecule has 0 aromatic heterocycles. The number of aliphatic hydroxyl groups excluding tert-OH is 1. The minimum Gasteiger partial charge on any atom is -0.385 e. The molecular formula is C11H14ClFO3S. The molecule has 2 atom stereocenters. The zero-order valence-corrected chi connectivity index (χ0v) is 11.1. The van der Waals surface area contributed by atoms with Gasteiger partial charge in [0.2, 0.25) is 0 Å². The van der Waals surface area contributed by atoms with E-state index in [2.05, 4.69) is 0 Å². The summed E-state index contributed by atoms with van der Waals surface area (Å²) < 4.78 is 34.1. The highest BCUT2D eigenvalue weighted by Crippen LogP contribution is 2.39. The van der Waals surface area contributed by atoms with Gasteiger partial charge in [0.25, 0.3) is 0 Å². The summed E-state index contributed by atoms with van der Waals surface area (Å²) in [6.07, 6.45) is -0.382. The van der Waals surface area contributed by atoms with Crippen LogP contribution in [0.25, 0.3) is 0 Å². The van der Waals surface area contributed by atoms with Crippen molar-refractivity contribution in [2.45, 2.75) is 23.7 Å². The maximum absolute atomic E-state index is 12.7. The molecule has 0 bridgehead atoms. The fourth-order valence-electron chi connectivity index (χ4n) is 1.55. The van der Waals surface area contributed by atoms with Gasteiger partial charge in [-0.2, -0.15) is 0 Å². The van der Waals surface area contributed by atoms with Crippen LogP contribution in [-0.2, 0) is 9.84 Å². The molecule has 0 spiro atoms. The lowest BCUT2D eigenvalue weighted by atomic mass is 10.0. The molecule has 0 fully saturated rings. The Kier molecular flexibility index (Phi) is 4.17. The third-order valence-electron chi connectivity index (χ3n) is 2.69. The van der Waals surface area contributed by atoms with E-state index in [1.165, 1.54) is 12.1 Å². The average Bonchev–Trinajstić information content (AvgIpc) is 2.26. The summed E-state index contributed by atoms with van der Waals surface area (Å²) in [5.41, 5.74) is 0.272. The summed E-state index contributed by atoms with van der Waals surface area (Å²) in [7, 11) is -3.65. The molecule has 2 unspecified atom stereocenters. The van der Waals surface area contributed by atoms with Crippen LogP contribution >= 0.6 is 11.6 Å². The average molecular weight is 281 g/mol. The van der Waals surface area contributed by atoms with Crippen LogP contribution in [0.2, 0.25) is 0 Å². The zero-order valence-electron chi connectivity index (χ0n) is 9.52. The molecule has 1 rings (SSSR count). The monoisotopic (exact) mass is 280 g/mol. The molecule has 1 N–H and O–H groups in total. The second-order valence-electron chi connectivity index (χ2n) is 3.87. The quantitative estimate of drug-likeness (QED) is 0.861. The summed E-state index contributed by atoms with van der Waals surface area (Å²) >= 11 is 5.99. The maximum Gasteiger partial charge on any atom is 0.174 e. The number of aliphatic hydroxyl groups is 1. The van der Waals surface area contributed by atoms with Gasteiger partial charge in [0.1, 0.15) is 11.9 Å². The van der Waals surface area contributed by atoms with Gasteiger partial charge in [-0.25, -0.2) is 12.8 Å². The summed E-state index contributed by atoms with van der Waals surface area (Å²) in [5, 5.41) is 10.0. The molecule has 3 nitrogen and oxygen atoms in total. The van der Waals surface area contributed by atoms with Crippen molar-refractivity contribution >= 4 is 21.4 Å². The van der Waals surface area contributed by atoms with Gasteiger partial charge < -0.3 is 5.11 Å². The Labute approximate surface area is 105 Å². The van der Waals surface area contributed by atoms with Crippen LogP contribution in [0, 0.1) is 5.82 Å². The Morgan fingerprint density at radius 2 is 1.88 bits per heavy atom. The first kappa shape index (κ1) is 14.4. The van der Waals surface area contributed by atoms with Gasteiger partial charge in [0, 0.05) is 6.26 Å². The van der Waals surface area contributed by atoms with E-state index in [1.54, 1.807) is 6.92 Å². The van der Waals surface area contributed by atoms with Crippen molar-refractivity contribution in [3.8, 4) is 0 Å². The van der Waals surface area contributed by atoms with E-state index in [1.807, 2.05) is 0 Å². The Morgan fingerprint density at radius 3 is 2.24 bits per heavy atom. The third kappa shape index (κ3) is 2.78. The van der Waals surface area contributed by atoms with Gasteiger partial charge in [-0.15, -0.1) is 0 Å². The Bertz CT molecular complexity index is 486. The van der Waals surface area contributed by atoms with E-state index >= 15 is 0 Å². The maximum atomic E-state index is 12.7. The first-order chi connectivity index (χ1) is 7.72. The Balaban J connectivity index is 3.19. The zero-order chi connectivity index (χ0) is 13.3. The van der Waals surface area contributed by atoms with Crippen molar-refractivity contribution in [1.82, 2.24) is 0 Å². The normalized spacial score (nSPS) is 17.5. The second kappa shape index (κ2) is 4.92. The summed E-state index contributed by atoms with van der Waals surface area (Å²) in [5.74, 6) is -0.461. The third-order valence-corrected chi connectivity index (χ3v) is 5.75. The highest BCUT2D eigenvalue weighted by molar-refractivity contribution is 7.93. The minimum absolute atomic E-state index is 0.0476. The molecule has 0 saturated heterocycles. The van der Waals surface area contributed by atoms with Gasteiger partial charge in [-0.3, -0.25) is 0 Å². The van der Waals surface area contributed by atoms with Crippen molar-refractivity contribution in [1.29, 1.82) is 0 Å². The number of benzene rings is 1. The van der Waals surface area contributed by atoms with Gasteiger partial charge >= 0.3 is 0 Å². The van der Waals surface area contributed by atoms with E-state index in [4.69, 9.17) is 11.6 Å². The SMILES string of the molecule is CCC(Cl)(C(O)c1ccc(F)cc1)S(C)(=O)=O. The minimum atomic E-state index is -3.65. The molecule has 1 aromatic rings. The summed E-state index contributed by atoms with van der Waals surface area (Å²) in [6.45, 7) is 1.57. The Hall–Kier alpha value is -0.650. The highest BCUT2D eigenvalue weighted by atomic mass is 35.5. The van der Waals surface area contributed by atoms with Crippen LogP contribution in [0.4, 0.5) is 4.39 Å². The van der Waals surface area contributed by atoms with E-state index < -0.39 is 26.0 Å². The predicted octanol–water partition coefficient (Wildman–Crippen LogP) is 2.25. The van der Waals surface area contributed by atoms with Crippen molar-refractivity contribution in [2.24, 2.45) is 0 Å². The van der Waals surface area contributed by atoms with Crippen LogP contribution < -0.4 is 0 Å². The van der Waals surface area contributed by atoms with Crippen LogP contribution in [0.5, 0.6) is 0 Å². The largest absolute Gasteiger partial charge is 0.385 e. The van der Waals surface area contributed by atoms with Gasteiger partial charge in [0.05, 0.1) is 0 Å². The van der Waals surface area contributed by atoms with E-state index in [9.17, 15) is 17.9 Å². The predicted molar refractivity (Wildman–Crippen MR) is 65.1 cm³/mol. The topological polar surface area (TPSA) is 54.4 Å². The lowest BCUT2D eigenvalue weighted by molar-refractivity contribution is 0.154. The number of rotatable bonds is 4. The number of hydrogen-bond donors (Lipinski definition) is 1. The molecule has 6 heteroatoms. The lowest BCUT2D eigenvalue weighted by Gasteiger charge is -2.29. The first-order valence-corrected chi connectivity index (χ1v) is 7.31. The second-order valence-corrected chi connectivity index (χ2v) is 7.04. The number of alkyl halides is 1. The molecule has 96 valence electrons. The number of hydrogen-bond acceptors (Lipinski definition) is 3. The number of halogens is 2. The highest BCUT2D eigenvalue weighted by Gasteiger charge is 2.44. The van der Waals surface area contributed by atoms with E-state index in [0.29, 0.717) is 0 Å². The standard InChI is InChI=1S/C11H14ClFO3S/c1-3-11(12,17(2,15)16)10(14)8-4-6-9(13)7-5-8/h4-7,10,14H,3H2,1-2H3. The number of sulfone groups is 1. The molecular weight excluding hydrogens is 267 g/mol. The molecule has 0 saturated carbocycles. The van der Waals surface area contributed by atoms with Crippen LogP contribution in [0.3, 0.4) is 0 Å². The molecule has 1 aromatic carbocycles. The van der Waals surface area contributed by atoms with Crippen molar-refractivity contribution in [3.63, 3.8) is 0 Å². The molecule has 0 radical (unpaired) electrons. The van der Waals surface area contributed by atoms with Gasteiger partial charge in [-0.05, 0) is 24.1 Å². The molecule has 0 aliphatic carbocycles. The molecule has 0 aliphatic rings. The van der Waals surface area contributed by atoms with E-state index in [-0.39, 0.29) is 12.0 Å². The lowest BCUT2D eigenvalue weighted by Crippen LogP contribution is -2.37. The van der Waals surface area contributed by atoms with Crippen LogP contribution in [0.1, 0.15) is 25.0 Å². The Morgan fingerprint density at radius 1 is 1.41 bits per heavy atom. The van der Waals surface area contributed by atoms with E-state index in [0.717, 1.165) is 18.4 Å². The molecule has 0 amide bonds. The van der Waals surface area contributed by atoms with Gasteiger partial charge in [-0.1, -0.05) is 30.7 Å². The van der Waals surface area contributed by atoms with Crippen molar-refractivity contribution in [3.05, 3.63) is 35.6 Å². The van der Waals surface area contributed by atoms with Crippen LogP contribution in [-0.4, -0.2) is 24.0 Å². The van der Waals surface area contributed by atoms with Crippen LogP contribution in [0.15, 0.2) is 24.3 Å². The molecule has 0 heterocycles. The fraction of sp³-hybridized carbons (Fsp3) is 0.455.